The first-order chi connectivity index (χ1) is 16.1. The zero-order valence-corrected chi connectivity index (χ0v) is 18.8. The van der Waals surface area contributed by atoms with Crippen molar-refractivity contribution in [1.82, 2.24) is 4.90 Å². The normalized spacial score (nSPS) is 17.2. The molecule has 0 unspecified atom stereocenters. The molecule has 1 amide bonds. The van der Waals surface area contributed by atoms with Crippen LogP contribution in [-0.4, -0.2) is 42.6 Å². The summed E-state index contributed by atoms with van der Waals surface area (Å²) in [4.78, 5) is 17.2. The number of rotatable bonds is 4. The molecule has 33 heavy (non-hydrogen) atoms. The summed E-state index contributed by atoms with van der Waals surface area (Å²) in [6.07, 6.45) is 3.50. The first-order valence-electron chi connectivity index (χ1n) is 11.7. The molecule has 5 heteroatoms. The molecule has 0 atom stereocenters. The highest BCUT2D eigenvalue weighted by Crippen LogP contribution is 2.40. The maximum Gasteiger partial charge on any atom is 0.253 e. The van der Waals surface area contributed by atoms with Gasteiger partial charge in [0.25, 0.3) is 5.91 Å². The maximum absolute atomic E-state index is 13.2. The standard InChI is InChI=1S/C28H29FN2O2/c29-24-12-10-23(11-13-24)27(32)31-20-16-28(17-21-31)15-19-30(18-14-22-6-2-1-3-7-22)25-8-4-5-9-26(25)33-28/h1-13H,14-21H2. The van der Waals surface area contributed by atoms with E-state index in [1.807, 2.05) is 11.0 Å². The lowest BCUT2D eigenvalue weighted by Gasteiger charge is -2.41. The minimum Gasteiger partial charge on any atom is -0.485 e. The van der Waals surface area contributed by atoms with Crippen LogP contribution >= 0.6 is 0 Å². The van der Waals surface area contributed by atoms with Gasteiger partial charge in [-0.2, -0.15) is 0 Å². The van der Waals surface area contributed by atoms with E-state index in [4.69, 9.17) is 4.74 Å². The fourth-order valence-electron chi connectivity index (χ4n) is 4.93. The Balaban J connectivity index is 1.28. The number of amides is 1. The second-order valence-electron chi connectivity index (χ2n) is 9.02. The lowest BCUT2D eigenvalue weighted by Crippen LogP contribution is -2.50. The number of ether oxygens (including phenoxy) is 1. The van der Waals surface area contributed by atoms with Crippen LogP contribution in [0, 0.1) is 5.82 Å². The monoisotopic (exact) mass is 444 g/mol. The molecule has 0 bridgehead atoms. The van der Waals surface area contributed by atoms with Crippen LogP contribution in [0.25, 0.3) is 0 Å². The molecule has 5 rings (SSSR count). The van der Waals surface area contributed by atoms with Crippen molar-refractivity contribution in [2.24, 2.45) is 0 Å². The summed E-state index contributed by atoms with van der Waals surface area (Å²) in [5.74, 6) is 0.566. The summed E-state index contributed by atoms with van der Waals surface area (Å²) in [5, 5.41) is 0. The van der Waals surface area contributed by atoms with Gasteiger partial charge in [-0.3, -0.25) is 4.79 Å². The summed E-state index contributed by atoms with van der Waals surface area (Å²) in [5.41, 5.74) is 2.75. The molecule has 3 aromatic carbocycles. The van der Waals surface area contributed by atoms with Crippen molar-refractivity contribution in [3.63, 3.8) is 0 Å². The van der Waals surface area contributed by atoms with Crippen molar-refractivity contribution in [2.45, 2.75) is 31.3 Å². The van der Waals surface area contributed by atoms with Gasteiger partial charge in [0.2, 0.25) is 0 Å². The minimum atomic E-state index is -0.327. The molecule has 170 valence electrons. The van der Waals surface area contributed by atoms with E-state index in [2.05, 4.69) is 53.4 Å². The molecular weight excluding hydrogens is 415 g/mol. The molecule has 0 aliphatic carbocycles. The van der Waals surface area contributed by atoms with Gasteiger partial charge >= 0.3 is 0 Å². The van der Waals surface area contributed by atoms with Crippen molar-refractivity contribution in [1.29, 1.82) is 0 Å². The average molecular weight is 445 g/mol. The predicted molar refractivity (Wildman–Crippen MR) is 128 cm³/mol. The van der Waals surface area contributed by atoms with Gasteiger partial charge < -0.3 is 14.5 Å². The van der Waals surface area contributed by atoms with E-state index in [1.165, 1.54) is 17.7 Å². The zero-order chi connectivity index (χ0) is 22.7. The lowest BCUT2D eigenvalue weighted by molar-refractivity contribution is 0.00241. The number of likely N-dealkylation sites (tertiary alicyclic amines) is 1. The largest absolute Gasteiger partial charge is 0.485 e. The van der Waals surface area contributed by atoms with Crippen molar-refractivity contribution >= 4 is 11.6 Å². The molecule has 2 aliphatic heterocycles. The molecular formula is C28H29FN2O2. The first-order valence-corrected chi connectivity index (χ1v) is 11.7. The molecule has 3 aromatic rings. The van der Waals surface area contributed by atoms with E-state index in [1.54, 1.807) is 12.1 Å². The molecule has 0 radical (unpaired) electrons. The Morgan fingerprint density at radius 2 is 1.52 bits per heavy atom. The number of piperidine rings is 1. The Morgan fingerprint density at radius 3 is 2.27 bits per heavy atom. The molecule has 1 saturated heterocycles. The highest BCUT2D eigenvalue weighted by Gasteiger charge is 2.40. The third-order valence-corrected chi connectivity index (χ3v) is 6.94. The predicted octanol–water partition coefficient (Wildman–Crippen LogP) is 5.33. The number of carbonyl (C=O) groups is 1. The van der Waals surface area contributed by atoms with E-state index < -0.39 is 0 Å². The van der Waals surface area contributed by atoms with Crippen LogP contribution in [0.2, 0.25) is 0 Å². The molecule has 1 spiro atoms. The summed E-state index contributed by atoms with van der Waals surface area (Å²) in [6, 6.07) is 24.7. The molecule has 1 fully saturated rings. The number of fused-ring (bicyclic) bond motifs is 1. The summed E-state index contributed by atoms with van der Waals surface area (Å²) < 4.78 is 19.9. The van der Waals surface area contributed by atoms with Crippen LogP contribution in [0.4, 0.5) is 10.1 Å². The van der Waals surface area contributed by atoms with Crippen LogP contribution in [0.15, 0.2) is 78.9 Å². The Kier molecular flexibility index (Phi) is 6.03. The van der Waals surface area contributed by atoms with Gasteiger partial charge in [0.15, 0.2) is 0 Å². The highest BCUT2D eigenvalue weighted by molar-refractivity contribution is 5.94. The Morgan fingerprint density at radius 1 is 0.848 bits per heavy atom. The number of benzene rings is 3. The van der Waals surface area contributed by atoms with Gasteiger partial charge in [0.1, 0.15) is 17.2 Å². The smallest absolute Gasteiger partial charge is 0.253 e. The van der Waals surface area contributed by atoms with Gasteiger partial charge in [-0.1, -0.05) is 42.5 Å². The Labute approximate surface area is 194 Å². The summed E-state index contributed by atoms with van der Waals surface area (Å²) in [7, 11) is 0. The number of para-hydroxylation sites is 2. The van der Waals surface area contributed by atoms with E-state index >= 15 is 0 Å². The Bertz CT molecular complexity index is 1090. The number of nitrogens with zero attached hydrogens (tertiary/aromatic N) is 2. The lowest BCUT2D eigenvalue weighted by atomic mass is 9.87. The number of carbonyl (C=O) groups excluding carboxylic acids is 1. The molecule has 2 aliphatic rings. The van der Waals surface area contributed by atoms with E-state index in [0.29, 0.717) is 18.7 Å². The van der Waals surface area contributed by atoms with Crippen molar-refractivity contribution in [3.05, 3.63) is 95.8 Å². The van der Waals surface area contributed by atoms with E-state index in [9.17, 15) is 9.18 Å². The molecule has 0 aromatic heterocycles. The SMILES string of the molecule is O=C(c1ccc(F)cc1)N1CCC2(CC1)CCN(CCc1ccccc1)c1ccccc1O2. The van der Waals surface area contributed by atoms with Crippen LogP contribution in [0.1, 0.15) is 35.2 Å². The van der Waals surface area contributed by atoms with Crippen LogP contribution in [0.5, 0.6) is 5.75 Å². The number of anilines is 1. The van der Waals surface area contributed by atoms with Crippen LogP contribution in [-0.2, 0) is 6.42 Å². The van der Waals surface area contributed by atoms with E-state index in [-0.39, 0.29) is 17.3 Å². The highest BCUT2D eigenvalue weighted by atomic mass is 19.1. The first kappa shape index (κ1) is 21.5. The van der Waals surface area contributed by atoms with Crippen molar-refractivity contribution in [3.8, 4) is 5.75 Å². The third-order valence-electron chi connectivity index (χ3n) is 6.94. The molecule has 4 nitrogen and oxygen atoms in total. The second kappa shape index (κ2) is 9.26. The van der Waals surface area contributed by atoms with Gasteiger partial charge in [-0.15, -0.1) is 0 Å². The zero-order valence-electron chi connectivity index (χ0n) is 18.8. The molecule has 0 saturated carbocycles. The van der Waals surface area contributed by atoms with Gasteiger partial charge in [-0.25, -0.2) is 4.39 Å². The second-order valence-corrected chi connectivity index (χ2v) is 9.02. The Hall–Kier alpha value is -3.34. The van der Waals surface area contributed by atoms with Crippen LogP contribution in [0.3, 0.4) is 0 Å². The van der Waals surface area contributed by atoms with E-state index in [0.717, 1.165) is 50.2 Å². The fourth-order valence-corrected chi connectivity index (χ4v) is 4.93. The van der Waals surface area contributed by atoms with Crippen LogP contribution < -0.4 is 9.64 Å². The maximum atomic E-state index is 13.2. The average Bonchev–Trinajstić information content (AvgIpc) is 3.00. The van der Waals surface area contributed by atoms with Gasteiger partial charge in [-0.05, 0) is 48.4 Å². The van der Waals surface area contributed by atoms with Gasteiger partial charge in [0.05, 0.1) is 5.69 Å². The number of halogens is 1. The summed E-state index contributed by atoms with van der Waals surface area (Å²) >= 11 is 0. The minimum absolute atomic E-state index is 0.0386. The summed E-state index contributed by atoms with van der Waals surface area (Å²) in [6.45, 7) is 3.15. The number of hydrogen-bond acceptors (Lipinski definition) is 3. The van der Waals surface area contributed by atoms with Crippen molar-refractivity contribution < 1.29 is 13.9 Å². The molecule has 2 heterocycles. The van der Waals surface area contributed by atoms with Crippen molar-refractivity contribution in [2.75, 3.05) is 31.1 Å². The quantitative estimate of drug-likeness (QED) is 0.545. The van der Waals surface area contributed by atoms with Gasteiger partial charge in [0, 0.05) is 51.0 Å². The fraction of sp³-hybridized carbons (Fsp3) is 0.321. The molecule has 0 N–H and O–H groups in total. The number of hydrogen-bond donors (Lipinski definition) is 0. The third kappa shape index (κ3) is 4.72. The topological polar surface area (TPSA) is 32.8 Å².